The predicted molar refractivity (Wildman–Crippen MR) is 175 cm³/mol. The molecule has 0 saturated heterocycles. The molecular weight excluding hydrogens is 700 g/mol. The molecule has 0 aliphatic heterocycles. The molecule has 0 unspecified atom stereocenters. The normalized spacial score (nSPS) is 15.7. The number of nitrogens with zero attached hydrogens (tertiary/aromatic N) is 4. The van der Waals surface area contributed by atoms with Gasteiger partial charge in [0.05, 0.1) is 17.3 Å². The van der Waals surface area contributed by atoms with Crippen LogP contribution in [0, 0.1) is 23.1 Å². The summed E-state index contributed by atoms with van der Waals surface area (Å²) in [5.74, 6) is -7.91. The van der Waals surface area contributed by atoms with Crippen molar-refractivity contribution in [3.63, 3.8) is 0 Å². The van der Waals surface area contributed by atoms with E-state index in [2.05, 4.69) is 31.8 Å². The van der Waals surface area contributed by atoms with Crippen molar-refractivity contribution in [2.75, 3.05) is 0 Å². The summed E-state index contributed by atoms with van der Waals surface area (Å²) in [6.45, 7) is 4.89. The number of carbonyl (C=O) groups is 1. The van der Waals surface area contributed by atoms with E-state index >= 15 is 8.78 Å². The lowest BCUT2D eigenvalue weighted by Crippen LogP contribution is -2.37. The van der Waals surface area contributed by atoms with Crippen molar-refractivity contribution in [1.29, 1.82) is 0 Å². The zero-order chi connectivity index (χ0) is 36.9. The van der Waals surface area contributed by atoms with E-state index in [4.69, 9.17) is 4.98 Å². The van der Waals surface area contributed by atoms with Crippen LogP contribution in [0.15, 0.2) is 54.9 Å². The van der Waals surface area contributed by atoms with E-state index in [1.165, 1.54) is 6.20 Å². The number of halogens is 8. The highest BCUT2D eigenvalue weighted by molar-refractivity contribution is 6.83. The number of aromatic amines is 1. The number of pyridine rings is 2. The van der Waals surface area contributed by atoms with Gasteiger partial charge in [-0.1, -0.05) is 25.6 Å². The fourth-order valence-corrected chi connectivity index (χ4v) is 6.49. The van der Waals surface area contributed by atoms with Gasteiger partial charge in [-0.25, -0.2) is 36.3 Å². The molecule has 5 aromatic rings. The lowest BCUT2D eigenvalue weighted by Gasteiger charge is -2.29. The molecule has 0 spiro atoms. The van der Waals surface area contributed by atoms with Crippen LogP contribution >= 0.6 is 0 Å². The molecule has 16 heteroatoms. The lowest BCUT2D eigenvalue weighted by molar-refractivity contribution is -0.123. The van der Waals surface area contributed by atoms with E-state index in [1.807, 2.05) is 19.6 Å². The quantitative estimate of drug-likeness (QED) is 0.0955. The standard InChI is InChI=1S/C35H30F8N6OSi/c1-51(2,3)11-7-24-4-5-25(21-15-20-6-10-44-33(20)45-17-21)29(46-24)26(14-19-12-22(36)16-23(37)13-19)47-27(50)18-49-31-28(30(48-49)32(38)39)34(40,41)8-9-35(31,42)43/h4-6,10,12-13,15-17,26,32H,8-9,14,18H2,1-3H3,(H,44,45)(H,47,50)/t26-/m0/s1. The van der Waals surface area contributed by atoms with Crippen LogP contribution in [0.1, 0.15) is 59.2 Å². The van der Waals surface area contributed by atoms with E-state index in [-0.39, 0.29) is 22.4 Å². The Hall–Kier alpha value is -5.04. The Morgan fingerprint density at radius 2 is 1.71 bits per heavy atom. The van der Waals surface area contributed by atoms with Crippen LogP contribution in [0.5, 0.6) is 0 Å². The summed E-state index contributed by atoms with van der Waals surface area (Å²) >= 11 is 0. The smallest absolute Gasteiger partial charge is 0.290 e. The van der Waals surface area contributed by atoms with Gasteiger partial charge in [-0.2, -0.15) is 13.9 Å². The van der Waals surface area contributed by atoms with Crippen molar-refractivity contribution >= 4 is 25.0 Å². The number of hydrogen-bond donors (Lipinski definition) is 2. The second kappa shape index (κ2) is 13.3. The summed E-state index contributed by atoms with van der Waals surface area (Å²) in [4.78, 5) is 25.8. The predicted octanol–water partition coefficient (Wildman–Crippen LogP) is 8.34. The van der Waals surface area contributed by atoms with Crippen LogP contribution in [0.3, 0.4) is 0 Å². The minimum atomic E-state index is -4.04. The fraction of sp³-hybridized carbons (Fsp3) is 0.314. The van der Waals surface area contributed by atoms with Crippen LogP contribution in [0.25, 0.3) is 22.2 Å². The Morgan fingerprint density at radius 1 is 1.00 bits per heavy atom. The van der Waals surface area contributed by atoms with E-state index in [0.717, 1.165) is 17.5 Å². The number of H-pyrrole nitrogens is 1. The van der Waals surface area contributed by atoms with Crippen LogP contribution < -0.4 is 5.32 Å². The third kappa shape index (κ3) is 7.68. The number of aromatic nitrogens is 5. The van der Waals surface area contributed by atoms with Gasteiger partial charge in [0, 0.05) is 47.8 Å². The number of alkyl halides is 6. The largest absolute Gasteiger partial charge is 0.346 e. The number of fused-ring (bicyclic) bond motifs is 2. The first-order valence-electron chi connectivity index (χ1n) is 15.8. The molecule has 0 saturated carbocycles. The van der Waals surface area contributed by atoms with Crippen LogP contribution in [0.2, 0.25) is 19.6 Å². The monoisotopic (exact) mass is 730 g/mol. The second-order valence-corrected chi connectivity index (χ2v) is 18.1. The molecule has 7 nitrogen and oxygen atoms in total. The molecule has 1 aromatic carbocycles. The number of hydrogen-bond acceptors (Lipinski definition) is 4. The van der Waals surface area contributed by atoms with E-state index in [0.29, 0.717) is 28.5 Å². The van der Waals surface area contributed by atoms with Gasteiger partial charge in [-0.3, -0.25) is 9.48 Å². The zero-order valence-electron chi connectivity index (χ0n) is 27.4. The van der Waals surface area contributed by atoms with Crippen molar-refractivity contribution in [3.05, 3.63) is 100 Å². The highest BCUT2D eigenvalue weighted by atomic mass is 28.3. The van der Waals surface area contributed by atoms with Crippen LogP contribution in [-0.4, -0.2) is 38.7 Å². The van der Waals surface area contributed by atoms with Gasteiger partial charge in [0.2, 0.25) is 5.91 Å². The fourth-order valence-electron chi connectivity index (χ4n) is 5.99. The van der Waals surface area contributed by atoms with Crippen molar-refractivity contribution in [2.24, 2.45) is 0 Å². The molecule has 0 fully saturated rings. The van der Waals surface area contributed by atoms with E-state index in [1.54, 1.807) is 30.5 Å². The molecule has 1 aliphatic carbocycles. The number of rotatable bonds is 8. The van der Waals surface area contributed by atoms with E-state index in [9.17, 15) is 31.1 Å². The highest BCUT2D eigenvalue weighted by Gasteiger charge is 2.55. The SMILES string of the molecule is C[Si](C)(C)C#Cc1ccc(-c2cnc3[nH]ccc3c2)c([C@H](Cc2cc(F)cc(F)c2)NC(=O)Cn2nc(C(F)F)c3c2C(F)(F)CCC3(F)F)n1. The molecule has 1 amide bonds. The van der Waals surface area contributed by atoms with Gasteiger partial charge in [0.15, 0.2) is 0 Å². The average Bonchev–Trinajstić information content (AvgIpc) is 3.67. The molecule has 1 aliphatic rings. The first-order chi connectivity index (χ1) is 23.9. The van der Waals surface area contributed by atoms with Gasteiger partial charge in [0.1, 0.15) is 49.0 Å². The number of nitrogens with one attached hydrogen (secondary N) is 2. The molecular formula is C35H30F8N6OSi. The van der Waals surface area contributed by atoms with Crippen molar-refractivity contribution in [3.8, 4) is 22.6 Å². The third-order valence-electron chi connectivity index (χ3n) is 8.17. The minimum Gasteiger partial charge on any atom is -0.346 e. The van der Waals surface area contributed by atoms with Crippen LogP contribution in [0.4, 0.5) is 35.1 Å². The van der Waals surface area contributed by atoms with Gasteiger partial charge in [-0.05, 0) is 48.4 Å². The molecule has 6 rings (SSSR count). The topological polar surface area (TPSA) is 88.5 Å². The summed E-state index contributed by atoms with van der Waals surface area (Å²) in [7, 11) is -1.91. The molecule has 0 bridgehead atoms. The van der Waals surface area contributed by atoms with Gasteiger partial charge in [0.25, 0.3) is 18.3 Å². The molecule has 2 N–H and O–H groups in total. The summed E-state index contributed by atoms with van der Waals surface area (Å²) in [5, 5.41) is 6.70. The number of benzene rings is 1. The zero-order valence-corrected chi connectivity index (χ0v) is 28.4. The molecule has 1 atom stereocenters. The highest BCUT2D eigenvalue weighted by Crippen LogP contribution is 2.52. The Balaban J connectivity index is 1.47. The minimum absolute atomic E-state index is 0.0750. The second-order valence-electron chi connectivity index (χ2n) is 13.3. The molecule has 266 valence electrons. The number of amides is 1. The first kappa shape index (κ1) is 35.8. The van der Waals surface area contributed by atoms with Crippen LogP contribution in [-0.2, 0) is 29.6 Å². The average molecular weight is 731 g/mol. The van der Waals surface area contributed by atoms with Gasteiger partial charge >= 0.3 is 0 Å². The molecule has 4 aromatic heterocycles. The van der Waals surface area contributed by atoms with E-state index < -0.39 is 86.3 Å². The Morgan fingerprint density at radius 3 is 2.39 bits per heavy atom. The maximum absolute atomic E-state index is 15.1. The maximum Gasteiger partial charge on any atom is 0.290 e. The summed E-state index contributed by atoms with van der Waals surface area (Å²) in [5.41, 5.74) is 0.642. The summed E-state index contributed by atoms with van der Waals surface area (Å²) in [6.07, 6.45) is -3.43. The van der Waals surface area contributed by atoms with Crippen molar-refractivity contribution in [2.45, 2.75) is 69.8 Å². The Bertz CT molecular complexity index is 2180. The van der Waals surface area contributed by atoms with Gasteiger partial charge < -0.3 is 10.3 Å². The summed E-state index contributed by atoms with van der Waals surface area (Å²) in [6, 6.07) is 8.38. The first-order valence-corrected chi connectivity index (χ1v) is 19.3. The van der Waals surface area contributed by atoms with Crippen molar-refractivity contribution < 1.29 is 39.9 Å². The maximum atomic E-state index is 15.1. The molecule has 4 heterocycles. The molecule has 51 heavy (non-hydrogen) atoms. The molecule has 0 radical (unpaired) electrons. The third-order valence-corrected chi connectivity index (χ3v) is 9.05. The van der Waals surface area contributed by atoms with Gasteiger partial charge in [-0.15, -0.1) is 5.54 Å². The summed E-state index contributed by atoms with van der Waals surface area (Å²) < 4.78 is 116. The lowest BCUT2D eigenvalue weighted by atomic mass is 9.89. The Kier molecular flexibility index (Phi) is 9.30. The Labute approximate surface area is 287 Å². The van der Waals surface area contributed by atoms with Crippen molar-refractivity contribution in [1.82, 2.24) is 30.0 Å². The number of carbonyl (C=O) groups excluding carboxylic acids is 1.